The second-order valence-corrected chi connectivity index (χ2v) is 9.15. The molecule has 5 rings (SSSR count). The van der Waals surface area contributed by atoms with Gasteiger partial charge >= 0.3 is 0 Å². The molecule has 0 radical (unpaired) electrons. The summed E-state index contributed by atoms with van der Waals surface area (Å²) in [5.41, 5.74) is 11.0. The summed E-state index contributed by atoms with van der Waals surface area (Å²) in [6, 6.07) is 12.4. The highest BCUT2D eigenvalue weighted by Gasteiger charge is 2.24. The van der Waals surface area contributed by atoms with Crippen LogP contribution in [0.2, 0.25) is 0 Å². The number of nitrogens with two attached hydrogens (primary N) is 1. The van der Waals surface area contributed by atoms with Crippen molar-refractivity contribution in [2.24, 2.45) is 5.73 Å². The summed E-state index contributed by atoms with van der Waals surface area (Å²) < 4.78 is 3.37. The lowest BCUT2D eigenvalue weighted by molar-refractivity contribution is 0.0709. The second kappa shape index (κ2) is 7.52. The molecule has 6 heteroatoms. The van der Waals surface area contributed by atoms with Gasteiger partial charge in [-0.25, -0.2) is 4.98 Å². The molecule has 5 nitrogen and oxygen atoms in total. The fourth-order valence-corrected chi connectivity index (χ4v) is 5.87. The fourth-order valence-electron chi connectivity index (χ4n) is 4.53. The van der Waals surface area contributed by atoms with Gasteiger partial charge in [0.1, 0.15) is 11.3 Å². The Morgan fingerprint density at radius 2 is 2.13 bits per heavy atom. The largest absolute Gasteiger partial charge is 0.337 e. The van der Waals surface area contributed by atoms with Gasteiger partial charge < -0.3 is 15.0 Å². The molecule has 4 heterocycles. The van der Waals surface area contributed by atoms with Gasteiger partial charge in [-0.15, -0.1) is 11.3 Å². The Bertz CT molecular complexity index is 1260. The first-order chi connectivity index (χ1) is 14.6. The van der Waals surface area contributed by atoms with E-state index in [0.29, 0.717) is 12.1 Å². The zero-order valence-corrected chi connectivity index (χ0v) is 18.2. The van der Waals surface area contributed by atoms with E-state index < -0.39 is 0 Å². The molecule has 4 aromatic rings. The van der Waals surface area contributed by atoms with Crippen LogP contribution in [0, 0.1) is 6.92 Å². The number of likely N-dealkylation sites (tertiary alicyclic amines) is 1. The van der Waals surface area contributed by atoms with E-state index >= 15 is 0 Å². The number of thiophene rings is 1. The van der Waals surface area contributed by atoms with Crippen LogP contribution in [0.15, 0.2) is 42.6 Å². The van der Waals surface area contributed by atoms with Gasteiger partial charge in [-0.2, -0.15) is 0 Å². The highest BCUT2D eigenvalue weighted by atomic mass is 32.1. The zero-order chi connectivity index (χ0) is 20.8. The van der Waals surface area contributed by atoms with Gasteiger partial charge in [-0.05, 0) is 55.3 Å². The third-order valence-electron chi connectivity index (χ3n) is 6.12. The maximum absolute atomic E-state index is 13.0. The number of pyridine rings is 1. The van der Waals surface area contributed by atoms with Crippen LogP contribution in [0.3, 0.4) is 0 Å². The van der Waals surface area contributed by atoms with Crippen LogP contribution >= 0.6 is 11.3 Å². The van der Waals surface area contributed by atoms with Gasteiger partial charge in [0.15, 0.2) is 0 Å². The topological polar surface area (TPSA) is 63.6 Å². The Morgan fingerprint density at radius 1 is 1.30 bits per heavy atom. The van der Waals surface area contributed by atoms with Crippen molar-refractivity contribution in [3.8, 4) is 10.6 Å². The van der Waals surface area contributed by atoms with Gasteiger partial charge in [-0.1, -0.05) is 25.1 Å². The molecule has 1 aliphatic rings. The Balaban J connectivity index is 1.57. The molecule has 0 bridgehead atoms. The predicted octanol–water partition coefficient (Wildman–Crippen LogP) is 4.65. The first-order valence-corrected chi connectivity index (χ1v) is 11.4. The van der Waals surface area contributed by atoms with Crippen molar-refractivity contribution in [1.82, 2.24) is 14.3 Å². The zero-order valence-electron chi connectivity index (χ0n) is 17.4. The number of aryl methyl sites for hydroxylation is 2. The van der Waals surface area contributed by atoms with Crippen molar-refractivity contribution in [2.75, 3.05) is 13.1 Å². The summed E-state index contributed by atoms with van der Waals surface area (Å²) in [4.78, 5) is 21.1. The highest BCUT2D eigenvalue weighted by Crippen LogP contribution is 2.40. The maximum Gasteiger partial charge on any atom is 0.254 e. The van der Waals surface area contributed by atoms with Crippen molar-refractivity contribution in [1.29, 1.82) is 0 Å². The number of fused-ring (bicyclic) bond motifs is 2. The van der Waals surface area contributed by atoms with Gasteiger partial charge in [0.25, 0.3) is 5.91 Å². The summed E-state index contributed by atoms with van der Waals surface area (Å²) in [6.45, 7) is 5.70. The van der Waals surface area contributed by atoms with Gasteiger partial charge in [0.2, 0.25) is 0 Å². The van der Waals surface area contributed by atoms with E-state index in [1.807, 2.05) is 23.2 Å². The lowest BCUT2D eigenvalue weighted by Crippen LogP contribution is -2.45. The van der Waals surface area contributed by atoms with E-state index in [1.54, 1.807) is 11.3 Å². The Morgan fingerprint density at radius 3 is 2.93 bits per heavy atom. The first kappa shape index (κ1) is 19.3. The molecule has 0 aliphatic carbocycles. The molecule has 3 aromatic heterocycles. The molecule has 1 aromatic carbocycles. The van der Waals surface area contributed by atoms with Crippen LogP contribution in [0.4, 0.5) is 0 Å². The van der Waals surface area contributed by atoms with E-state index in [4.69, 9.17) is 10.7 Å². The van der Waals surface area contributed by atoms with Crippen molar-refractivity contribution in [3.05, 3.63) is 59.4 Å². The molecule has 2 N–H and O–H groups in total. The number of rotatable bonds is 3. The van der Waals surface area contributed by atoms with Gasteiger partial charge in [0.05, 0.1) is 4.88 Å². The van der Waals surface area contributed by atoms with Crippen molar-refractivity contribution >= 4 is 33.0 Å². The normalized spacial score (nSPS) is 17.2. The van der Waals surface area contributed by atoms with E-state index in [9.17, 15) is 4.79 Å². The Kier molecular flexibility index (Phi) is 4.83. The monoisotopic (exact) mass is 418 g/mol. The minimum Gasteiger partial charge on any atom is -0.337 e. The van der Waals surface area contributed by atoms with Gasteiger partial charge in [-0.3, -0.25) is 4.79 Å². The number of carbonyl (C=O) groups is 1. The van der Waals surface area contributed by atoms with Crippen molar-refractivity contribution < 1.29 is 4.79 Å². The van der Waals surface area contributed by atoms with E-state index in [1.165, 1.54) is 20.5 Å². The summed E-state index contributed by atoms with van der Waals surface area (Å²) in [5.74, 6) is 0.0472. The SMILES string of the molecule is CCc1c(-c2nc3cc(C(=O)N4CCC[C@H](N)C4)ccn3c2C)sc2ccccc12. The minimum atomic E-state index is 0.0472. The number of nitrogens with zero attached hydrogens (tertiary/aromatic N) is 3. The van der Waals surface area contributed by atoms with Crippen LogP contribution in [0.25, 0.3) is 26.3 Å². The molecule has 0 spiro atoms. The number of piperidine rings is 1. The molecule has 154 valence electrons. The summed E-state index contributed by atoms with van der Waals surface area (Å²) in [5, 5.41) is 1.31. The Labute approximate surface area is 180 Å². The number of hydrogen-bond acceptors (Lipinski definition) is 4. The Hall–Kier alpha value is -2.70. The average molecular weight is 419 g/mol. The van der Waals surface area contributed by atoms with Crippen molar-refractivity contribution in [3.63, 3.8) is 0 Å². The van der Waals surface area contributed by atoms with E-state index in [2.05, 4.69) is 42.5 Å². The lowest BCUT2D eigenvalue weighted by Gasteiger charge is -2.30. The summed E-state index contributed by atoms with van der Waals surface area (Å²) in [6.07, 6.45) is 4.89. The first-order valence-electron chi connectivity index (χ1n) is 10.6. The lowest BCUT2D eigenvalue weighted by atomic mass is 10.1. The van der Waals surface area contributed by atoms with Crippen LogP contribution < -0.4 is 5.73 Å². The molecule has 0 unspecified atom stereocenters. The molecule has 1 amide bonds. The molecule has 1 fully saturated rings. The van der Waals surface area contributed by atoms with Crippen LogP contribution in [-0.4, -0.2) is 39.3 Å². The third-order valence-corrected chi connectivity index (χ3v) is 7.34. The number of amides is 1. The van der Waals surface area contributed by atoms with Crippen LogP contribution in [0.1, 0.15) is 41.4 Å². The van der Waals surface area contributed by atoms with E-state index in [0.717, 1.165) is 42.8 Å². The average Bonchev–Trinajstić information content (AvgIpc) is 3.30. The standard InChI is InChI=1S/C24H26N4OS/c1-3-18-19-8-4-5-9-20(19)30-23(18)22-15(2)28-12-10-16(13-21(28)26-22)24(29)27-11-6-7-17(25)14-27/h4-5,8-10,12-13,17H,3,6-7,11,14,25H2,1-2H3/t17-/m0/s1. The molecule has 1 saturated heterocycles. The maximum atomic E-state index is 13.0. The molecule has 30 heavy (non-hydrogen) atoms. The van der Waals surface area contributed by atoms with Crippen LogP contribution in [-0.2, 0) is 6.42 Å². The highest BCUT2D eigenvalue weighted by molar-refractivity contribution is 7.22. The fraction of sp³-hybridized carbons (Fsp3) is 0.333. The summed E-state index contributed by atoms with van der Waals surface area (Å²) in [7, 11) is 0. The van der Waals surface area contributed by atoms with Gasteiger partial charge in [0, 0.05) is 41.3 Å². The predicted molar refractivity (Wildman–Crippen MR) is 123 cm³/mol. The number of imidazole rings is 1. The second-order valence-electron chi connectivity index (χ2n) is 8.10. The molecule has 1 aliphatic heterocycles. The minimum absolute atomic E-state index is 0.0472. The van der Waals surface area contributed by atoms with Crippen molar-refractivity contribution in [2.45, 2.75) is 39.2 Å². The number of hydrogen-bond donors (Lipinski definition) is 1. The quantitative estimate of drug-likeness (QED) is 0.527. The van der Waals surface area contributed by atoms with Crippen LogP contribution in [0.5, 0.6) is 0 Å². The van der Waals surface area contributed by atoms with E-state index in [-0.39, 0.29) is 11.9 Å². The molecular weight excluding hydrogens is 392 g/mol. The number of carbonyl (C=O) groups excluding carboxylic acids is 1. The molecule has 0 saturated carbocycles. The number of benzene rings is 1. The molecular formula is C24H26N4OS. The smallest absolute Gasteiger partial charge is 0.254 e. The third kappa shape index (κ3) is 3.11. The number of aromatic nitrogens is 2. The summed E-state index contributed by atoms with van der Waals surface area (Å²) >= 11 is 1.80. The molecule has 1 atom stereocenters.